The van der Waals surface area contributed by atoms with Crippen molar-refractivity contribution < 1.29 is 17.9 Å². The molecule has 0 aromatic carbocycles. The Morgan fingerprint density at radius 2 is 1.58 bits per heavy atom. The lowest BCUT2D eigenvalue weighted by atomic mass is 10.4. The molecule has 0 aliphatic heterocycles. The van der Waals surface area contributed by atoms with Gasteiger partial charge in [0, 0.05) is 26.7 Å². The van der Waals surface area contributed by atoms with Gasteiger partial charge in [-0.2, -0.15) is 17.0 Å². The van der Waals surface area contributed by atoms with Gasteiger partial charge in [-0.1, -0.05) is 13.8 Å². The fourth-order valence-electron chi connectivity index (χ4n) is 1.64. The van der Waals surface area contributed by atoms with E-state index in [2.05, 4.69) is 0 Å². The molecule has 0 N–H and O–H groups in total. The summed E-state index contributed by atoms with van der Waals surface area (Å²) in [6.45, 7) is 7.06. The summed E-state index contributed by atoms with van der Waals surface area (Å²) in [7, 11) is -1.98. The summed E-state index contributed by atoms with van der Waals surface area (Å²) in [5.41, 5.74) is 0. The molecule has 19 heavy (non-hydrogen) atoms. The second kappa shape index (κ2) is 9.28. The lowest BCUT2D eigenvalue weighted by Crippen LogP contribution is -2.43. The predicted molar refractivity (Wildman–Crippen MR) is 75.0 cm³/mol. The van der Waals surface area contributed by atoms with Gasteiger partial charge in [0.05, 0.1) is 13.0 Å². The molecule has 0 radical (unpaired) electrons. The molecular weight excluding hydrogens is 268 g/mol. The summed E-state index contributed by atoms with van der Waals surface area (Å²) in [5, 5.41) is 0. The molecule has 0 heterocycles. The molecule has 0 bridgehead atoms. The van der Waals surface area contributed by atoms with E-state index in [1.807, 2.05) is 13.8 Å². The van der Waals surface area contributed by atoms with Crippen molar-refractivity contribution >= 4 is 16.2 Å². The molecule has 6 nitrogen and oxygen atoms in total. The molecule has 7 heteroatoms. The molecule has 0 aromatic rings. The Labute approximate surface area is 116 Å². The second-order valence-electron chi connectivity index (χ2n) is 4.28. The molecule has 0 fully saturated rings. The summed E-state index contributed by atoms with van der Waals surface area (Å²) in [6.07, 6.45) is 1.62. The lowest BCUT2D eigenvalue weighted by Gasteiger charge is -2.26. The van der Waals surface area contributed by atoms with Gasteiger partial charge in [-0.05, 0) is 19.8 Å². The molecule has 0 rings (SSSR count). The first-order valence-electron chi connectivity index (χ1n) is 6.77. The van der Waals surface area contributed by atoms with Gasteiger partial charge in [-0.15, -0.1) is 0 Å². The second-order valence-corrected chi connectivity index (χ2v) is 6.32. The van der Waals surface area contributed by atoms with Crippen LogP contribution in [0.3, 0.4) is 0 Å². The highest BCUT2D eigenvalue weighted by Crippen LogP contribution is 2.09. The Bertz CT molecular complexity index is 351. The van der Waals surface area contributed by atoms with Crippen LogP contribution in [-0.4, -0.2) is 56.3 Å². The van der Waals surface area contributed by atoms with E-state index in [-0.39, 0.29) is 18.9 Å². The number of hydrogen-bond donors (Lipinski definition) is 0. The number of carbonyl (C=O) groups is 1. The first kappa shape index (κ1) is 18.3. The largest absolute Gasteiger partial charge is 0.466 e. The van der Waals surface area contributed by atoms with Gasteiger partial charge in [0.15, 0.2) is 0 Å². The first-order valence-corrected chi connectivity index (χ1v) is 8.16. The molecular formula is C12H26N2O4S. The zero-order valence-electron chi connectivity index (χ0n) is 12.4. The van der Waals surface area contributed by atoms with E-state index in [0.717, 1.165) is 12.8 Å². The van der Waals surface area contributed by atoms with Gasteiger partial charge in [-0.3, -0.25) is 4.79 Å². The molecule has 0 atom stereocenters. The average Bonchev–Trinajstić information content (AvgIpc) is 2.36. The number of carbonyl (C=O) groups excluding carboxylic acids is 1. The van der Waals surface area contributed by atoms with Gasteiger partial charge in [0.1, 0.15) is 0 Å². The monoisotopic (exact) mass is 294 g/mol. The van der Waals surface area contributed by atoms with Crippen molar-refractivity contribution in [1.82, 2.24) is 8.61 Å². The van der Waals surface area contributed by atoms with Gasteiger partial charge in [0.2, 0.25) is 0 Å². The molecule has 0 spiro atoms. The van der Waals surface area contributed by atoms with Crippen molar-refractivity contribution in [2.45, 2.75) is 40.0 Å². The minimum absolute atomic E-state index is 0.0790. The summed E-state index contributed by atoms with van der Waals surface area (Å²) >= 11 is 0. The van der Waals surface area contributed by atoms with Crippen LogP contribution in [0.2, 0.25) is 0 Å². The van der Waals surface area contributed by atoms with Crippen molar-refractivity contribution in [3.63, 3.8) is 0 Å². The maximum atomic E-state index is 12.3. The minimum atomic E-state index is -3.48. The van der Waals surface area contributed by atoms with Crippen molar-refractivity contribution in [3.8, 4) is 0 Å². The Hall–Kier alpha value is -0.660. The van der Waals surface area contributed by atoms with Crippen LogP contribution in [0.1, 0.15) is 40.0 Å². The highest BCUT2D eigenvalue weighted by molar-refractivity contribution is 7.86. The van der Waals surface area contributed by atoms with Crippen LogP contribution >= 0.6 is 0 Å². The third-order valence-corrected chi connectivity index (χ3v) is 4.59. The Kier molecular flexibility index (Phi) is 8.95. The highest BCUT2D eigenvalue weighted by atomic mass is 32.2. The average molecular weight is 294 g/mol. The maximum absolute atomic E-state index is 12.3. The number of rotatable bonds is 10. The third kappa shape index (κ3) is 6.35. The smallest absolute Gasteiger partial charge is 0.307 e. The van der Waals surface area contributed by atoms with E-state index in [1.54, 1.807) is 6.92 Å². The topological polar surface area (TPSA) is 66.9 Å². The molecule has 0 aliphatic carbocycles. The number of ether oxygens (including phenoxy) is 1. The third-order valence-electron chi connectivity index (χ3n) is 2.60. The van der Waals surface area contributed by atoms with E-state index in [0.29, 0.717) is 19.7 Å². The van der Waals surface area contributed by atoms with Gasteiger partial charge >= 0.3 is 5.97 Å². The predicted octanol–water partition coefficient (Wildman–Crippen LogP) is 1.24. The quantitative estimate of drug-likeness (QED) is 0.569. The molecule has 0 aliphatic rings. The van der Waals surface area contributed by atoms with Crippen LogP contribution in [-0.2, 0) is 19.7 Å². The van der Waals surface area contributed by atoms with Crippen LogP contribution in [0.5, 0.6) is 0 Å². The standard InChI is InChI=1S/C12H26N2O4S/c1-5-9-14(10-6-2)19(16,17)13(4)11-8-12(15)18-7-3/h5-11H2,1-4H3. The summed E-state index contributed by atoms with van der Waals surface area (Å²) in [5.74, 6) is -0.373. The Balaban J connectivity index is 4.55. The fourth-order valence-corrected chi connectivity index (χ4v) is 3.18. The normalized spacial score (nSPS) is 12.1. The number of nitrogens with zero attached hydrogens (tertiary/aromatic N) is 2. The van der Waals surface area contributed by atoms with Crippen molar-refractivity contribution in [2.75, 3.05) is 33.3 Å². The number of hydrogen-bond acceptors (Lipinski definition) is 4. The van der Waals surface area contributed by atoms with E-state index < -0.39 is 10.2 Å². The van der Waals surface area contributed by atoms with E-state index in [4.69, 9.17) is 4.74 Å². The molecule has 0 unspecified atom stereocenters. The van der Waals surface area contributed by atoms with Crippen molar-refractivity contribution in [3.05, 3.63) is 0 Å². The lowest BCUT2D eigenvalue weighted by molar-refractivity contribution is -0.143. The molecule has 0 amide bonds. The first-order chi connectivity index (χ1) is 8.89. The zero-order chi connectivity index (χ0) is 14.9. The molecule has 0 aromatic heterocycles. The fraction of sp³-hybridized carbons (Fsp3) is 0.917. The van der Waals surface area contributed by atoms with Crippen molar-refractivity contribution in [2.24, 2.45) is 0 Å². The summed E-state index contributed by atoms with van der Waals surface area (Å²) in [4.78, 5) is 11.2. The van der Waals surface area contributed by atoms with Crippen LogP contribution in [0, 0.1) is 0 Å². The van der Waals surface area contributed by atoms with E-state index in [9.17, 15) is 13.2 Å². The summed E-state index contributed by atoms with van der Waals surface area (Å²) in [6, 6.07) is 0. The Morgan fingerprint density at radius 1 is 1.05 bits per heavy atom. The summed E-state index contributed by atoms with van der Waals surface area (Å²) < 4.78 is 32.0. The van der Waals surface area contributed by atoms with Crippen LogP contribution in [0.4, 0.5) is 0 Å². The SMILES string of the molecule is CCCN(CCC)S(=O)(=O)N(C)CCC(=O)OCC. The van der Waals surface area contributed by atoms with Crippen molar-refractivity contribution in [1.29, 1.82) is 0 Å². The van der Waals surface area contributed by atoms with Gasteiger partial charge < -0.3 is 4.74 Å². The van der Waals surface area contributed by atoms with Crippen LogP contribution < -0.4 is 0 Å². The Morgan fingerprint density at radius 3 is 2.00 bits per heavy atom. The maximum Gasteiger partial charge on any atom is 0.307 e. The van der Waals surface area contributed by atoms with E-state index in [1.165, 1.54) is 15.7 Å². The van der Waals surface area contributed by atoms with E-state index >= 15 is 0 Å². The van der Waals surface area contributed by atoms with Gasteiger partial charge in [-0.25, -0.2) is 0 Å². The minimum Gasteiger partial charge on any atom is -0.466 e. The molecule has 0 saturated heterocycles. The number of esters is 1. The van der Waals surface area contributed by atoms with Crippen LogP contribution in [0.15, 0.2) is 0 Å². The highest BCUT2D eigenvalue weighted by Gasteiger charge is 2.25. The molecule has 0 saturated carbocycles. The molecule has 114 valence electrons. The van der Waals surface area contributed by atoms with Gasteiger partial charge in [0.25, 0.3) is 10.2 Å². The van der Waals surface area contributed by atoms with Crippen LogP contribution in [0.25, 0.3) is 0 Å². The zero-order valence-corrected chi connectivity index (χ0v) is 13.2.